The van der Waals surface area contributed by atoms with Crippen molar-refractivity contribution >= 4 is 61.5 Å². The van der Waals surface area contributed by atoms with Crippen LogP contribution in [-0.4, -0.2) is 138 Å². The van der Waals surface area contributed by atoms with Crippen LogP contribution >= 0.6 is 0 Å². The molecule has 0 heterocycles. The van der Waals surface area contributed by atoms with Crippen molar-refractivity contribution in [1.82, 2.24) is 15.1 Å². The van der Waals surface area contributed by atoms with Crippen LogP contribution in [0.4, 0.5) is 0 Å². The molecule has 0 radical (unpaired) electrons. The minimum absolute atomic E-state index is 0. The van der Waals surface area contributed by atoms with Crippen molar-refractivity contribution < 1.29 is 39.9 Å². The second-order valence-corrected chi connectivity index (χ2v) is 10.0. The second kappa shape index (κ2) is 31.9. The van der Waals surface area contributed by atoms with Crippen molar-refractivity contribution in [2.45, 2.75) is 103 Å². The normalized spacial score (nSPS) is 12.5. The summed E-state index contributed by atoms with van der Waals surface area (Å²) in [7, 11) is 0. The SMILES string of the molecule is C=CCCCCCC(=O)NCN(CCCO)C(C)C(=O)O.C=CCCCCCC([O-])=NCN(CCCO)C(C)C(=O)[O-].[Ca+2]. The van der Waals surface area contributed by atoms with E-state index in [-0.39, 0.29) is 76.1 Å². The van der Waals surface area contributed by atoms with Gasteiger partial charge in [-0.25, -0.2) is 0 Å². The fourth-order valence-corrected chi connectivity index (χ4v) is 3.67. The molecule has 2 atom stereocenters. The molecule has 0 saturated heterocycles. The first-order chi connectivity index (χ1) is 20.0. The number of aliphatic hydroxyl groups excluding tert-OH is 2. The van der Waals surface area contributed by atoms with Gasteiger partial charge in [0.2, 0.25) is 5.91 Å². The second-order valence-electron chi connectivity index (χ2n) is 10.0. The maximum Gasteiger partial charge on any atom is 2.00 e. The van der Waals surface area contributed by atoms with Crippen molar-refractivity contribution in [2.75, 3.05) is 39.6 Å². The fraction of sp³-hybridized carbons (Fsp3) is 0.733. The molecule has 0 saturated carbocycles. The number of rotatable bonds is 26. The van der Waals surface area contributed by atoms with Gasteiger partial charge in [0.1, 0.15) is 6.04 Å². The quantitative estimate of drug-likeness (QED) is 0.0261. The number of aliphatic imine (C=N–C) groups is 1. The van der Waals surface area contributed by atoms with E-state index >= 15 is 0 Å². The Labute approximate surface area is 287 Å². The Balaban J connectivity index is -0.000000727. The van der Waals surface area contributed by atoms with Crippen LogP contribution < -0.4 is 15.5 Å². The largest absolute Gasteiger partial charge is 2.00 e. The van der Waals surface area contributed by atoms with Crippen LogP contribution in [0, 0.1) is 0 Å². The van der Waals surface area contributed by atoms with E-state index in [0.717, 1.165) is 51.4 Å². The molecule has 0 aliphatic heterocycles. The number of aliphatic carboxylic acids is 2. The molecule has 13 heteroatoms. The molecule has 0 rings (SSSR count). The predicted octanol–water partition coefficient (Wildman–Crippen LogP) is 0.635. The smallest absolute Gasteiger partial charge is 0.862 e. The summed E-state index contributed by atoms with van der Waals surface area (Å²) in [4.78, 5) is 40.6. The van der Waals surface area contributed by atoms with Gasteiger partial charge in [-0.15, -0.1) is 13.2 Å². The zero-order valence-electron chi connectivity index (χ0n) is 26.4. The fourth-order valence-electron chi connectivity index (χ4n) is 3.67. The molecule has 12 nitrogen and oxygen atoms in total. The molecule has 0 spiro atoms. The average molecular weight is 639 g/mol. The van der Waals surface area contributed by atoms with Gasteiger partial charge in [-0.05, 0) is 77.5 Å². The van der Waals surface area contributed by atoms with Gasteiger partial charge >= 0.3 is 43.7 Å². The molecule has 0 fully saturated rings. The molecule has 0 bridgehead atoms. The van der Waals surface area contributed by atoms with Crippen molar-refractivity contribution in [3.8, 4) is 0 Å². The summed E-state index contributed by atoms with van der Waals surface area (Å²) in [6.07, 6.45) is 13.0. The van der Waals surface area contributed by atoms with Crippen LogP contribution in [0.2, 0.25) is 0 Å². The Hall–Kier alpha value is -1.54. The molecule has 0 aromatic rings. The van der Waals surface area contributed by atoms with Gasteiger partial charge in [-0.1, -0.05) is 25.0 Å². The van der Waals surface area contributed by atoms with Gasteiger partial charge in [0.15, 0.2) is 0 Å². The van der Waals surface area contributed by atoms with E-state index < -0.39 is 24.0 Å². The zero-order chi connectivity index (χ0) is 32.2. The first-order valence-electron chi connectivity index (χ1n) is 14.9. The summed E-state index contributed by atoms with van der Waals surface area (Å²) in [5.74, 6) is -2.43. The molecular formula is C30H54CaN4O8. The summed E-state index contributed by atoms with van der Waals surface area (Å²) in [5.41, 5.74) is 0. The Bertz CT molecular complexity index is 785. The van der Waals surface area contributed by atoms with Crippen LogP contribution in [0.3, 0.4) is 0 Å². The van der Waals surface area contributed by atoms with Crippen LogP contribution in [0.15, 0.2) is 30.3 Å². The molecule has 0 aromatic carbocycles. The van der Waals surface area contributed by atoms with E-state index in [1.54, 1.807) is 11.8 Å². The molecule has 4 N–H and O–H groups in total. The third-order valence-corrected chi connectivity index (χ3v) is 6.52. The van der Waals surface area contributed by atoms with Gasteiger partial charge in [0.05, 0.1) is 19.3 Å². The molecule has 0 aliphatic rings. The van der Waals surface area contributed by atoms with E-state index in [1.807, 2.05) is 12.2 Å². The van der Waals surface area contributed by atoms with Gasteiger partial charge in [0.25, 0.3) is 0 Å². The van der Waals surface area contributed by atoms with Crippen molar-refractivity contribution in [2.24, 2.45) is 4.99 Å². The first kappa shape index (κ1) is 45.9. The minimum Gasteiger partial charge on any atom is -0.862 e. The summed E-state index contributed by atoms with van der Waals surface area (Å²) in [6, 6.07) is -1.52. The zero-order valence-corrected chi connectivity index (χ0v) is 28.6. The number of carboxylic acid groups (broad SMARTS) is 2. The van der Waals surface area contributed by atoms with E-state index in [2.05, 4.69) is 23.5 Å². The molecule has 244 valence electrons. The number of nitrogens with zero attached hydrogens (tertiary/aromatic N) is 3. The Morgan fingerprint density at radius 1 is 0.814 bits per heavy atom. The minimum atomic E-state index is -1.21. The molecule has 1 amide bonds. The Morgan fingerprint density at radius 2 is 1.33 bits per heavy atom. The van der Waals surface area contributed by atoms with Gasteiger partial charge in [-0.2, -0.15) is 0 Å². The van der Waals surface area contributed by atoms with Crippen LogP contribution in [-0.2, 0) is 14.4 Å². The number of nitrogens with one attached hydrogen (secondary N) is 1. The number of carbonyl (C=O) groups excluding carboxylic acids is 2. The number of unbranched alkanes of at least 4 members (excludes halogenated alkanes) is 6. The number of aliphatic hydroxyl groups is 2. The predicted molar refractivity (Wildman–Crippen MR) is 166 cm³/mol. The van der Waals surface area contributed by atoms with Crippen LogP contribution in [0.5, 0.6) is 0 Å². The summed E-state index contributed by atoms with van der Waals surface area (Å²) in [6.45, 7) is 11.3. The Morgan fingerprint density at radius 3 is 1.79 bits per heavy atom. The van der Waals surface area contributed by atoms with Crippen molar-refractivity contribution in [1.29, 1.82) is 0 Å². The molecule has 0 aromatic heterocycles. The maximum absolute atomic E-state index is 11.7. The number of allylic oxidation sites excluding steroid dienone is 2. The Kier molecular flexibility index (Phi) is 34.0. The number of hydrogen-bond acceptors (Lipinski definition) is 10. The average Bonchev–Trinajstić information content (AvgIpc) is 2.96. The van der Waals surface area contributed by atoms with E-state index in [0.29, 0.717) is 38.8 Å². The number of carbonyl (C=O) groups is 3. The summed E-state index contributed by atoms with van der Waals surface area (Å²) < 4.78 is 0. The van der Waals surface area contributed by atoms with Crippen LogP contribution in [0.25, 0.3) is 0 Å². The number of hydrogen-bond donors (Lipinski definition) is 4. The standard InChI is InChI=1S/2C15H28N2O4.Ca/c2*1-3-4-5-6-7-9-14(19)16-12-17(10-8-11-18)13(2)15(20)21;/h2*3,13,18H,1,4-12H2,2H3,(H,16,19)(H,20,21);/q;;+2/p-2. The summed E-state index contributed by atoms with van der Waals surface area (Å²) >= 11 is 0. The monoisotopic (exact) mass is 638 g/mol. The van der Waals surface area contributed by atoms with Gasteiger partial charge in [0, 0.05) is 38.8 Å². The number of amides is 1. The van der Waals surface area contributed by atoms with Crippen LogP contribution in [0.1, 0.15) is 90.9 Å². The first-order valence-corrected chi connectivity index (χ1v) is 14.9. The molecule has 43 heavy (non-hydrogen) atoms. The molecule has 2 unspecified atom stereocenters. The molecule has 0 aliphatic carbocycles. The van der Waals surface area contributed by atoms with E-state index in [4.69, 9.17) is 15.3 Å². The van der Waals surface area contributed by atoms with Crippen molar-refractivity contribution in [3.05, 3.63) is 25.3 Å². The third kappa shape index (κ3) is 27.7. The van der Waals surface area contributed by atoms with Crippen molar-refractivity contribution in [3.63, 3.8) is 0 Å². The maximum atomic E-state index is 11.7. The van der Waals surface area contributed by atoms with E-state index in [9.17, 15) is 24.6 Å². The van der Waals surface area contributed by atoms with E-state index in [1.165, 1.54) is 11.8 Å². The van der Waals surface area contributed by atoms with Gasteiger partial charge in [-0.3, -0.25) is 24.4 Å². The number of carboxylic acids is 2. The topological polar surface area (TPSA) is 189 Å². The molecular weight excluding hydrogens is 584 g/mol. The summed E-state index contributed by atoms with van der Waals surface area (Å²) in [5, 5.41) is 51.9. The van der Waals surface area contributed by atoms with Gasteiger partial charge < -0.3 is 35.6 Å². The third-order valence-electron chi connectivity index (χ3n) is 6.52.